The third kappa shape index (κ3) is 2.95. The highest BCUT2D eigenvalue weighted by atomic mass is 16.2. The highest BCUT2D eigenvalue weighted by Gasteiger charge is 2.31. The molecule has 0 spiro atoms. The summed E-state index contributed by atoms with van der Waals surface area (Å²) in [4.78, 5) is 12.4. The number of amides is 1. The van der Waals surface area contributed by atoms with E-state index in [-0.39, 0.29) is 17.9 Å². The van der Waals surface area contributed by atoms with Gasteiger partial charge < -0.3 is 15.2 Å². The second-order valence-electron chi connectivity index (χ2n) is 6.41. The molecule has 1 fully saturated rings. The number of hydrogen-bond donors (Lipinski definition) is 2. The first-order valence-electron chi connectivity index (χ1n) is 8.10. The number of hydrogen-bond acceptors (Lipinski definition) is 4. The SMILES string of the molecule is CC(NC(=O)[C@@H]1CNC[C@H]1C)c1nnc2n1CCCCC2. The van der Waals surface area contributed by atoms with Crippen molar-refractivity contribution in [3.63, 3.8) is 0 Å². The first-order valence-corrected chi connectivity index (χ1v) is 8.10. The maximum atomic E-state index is 12.4. The summed E-state index contributed by atoms with van der Waals surface area (Å²) in [5.41, 5.74) is 0. The molecule has 21 heavy (non-hydrogen) atoms. The molecule has 2 aliphatic rings. The lowest BCUT2D eigenvalue weighted by molar-refractivity contribution is -0.126. The first kappa shape index (κ1) is 14.5. The number of aromatic nitrogens is 3. The summed E-state index contributed by atoms with van der Waals surface area (Å²) in [5.74, 6) is 2.57. The van der Waals surface area contributed by atoms with Crippen LogP contribution in [0, 0.1) is 11.8 Å². The van der Waals surface area contributed by atoms with E-state index in [1.807, 2.05) is 6.92 Å². The van der Waals surface area contributed by atoms with Crippen molar-refractivity contribution in [1.29, 1.82) is 0 Å². The third-order valence-corrected chi connectivity index (χ3v) is 4.74. The number of nitrogens with one attached hydrogen (secondary N) is 2. The van der Waals surface area contributed by atoms with Crippen molar-refractivity contribution in [2.75, 3.05) is 13.1 Å². The van der Waals surface area contributed by atoms with Crippen molar-refractivity contribution in [2.24, 2.45) is 11.8 Å². The van der Waals surface area contributed by atoms with E-state index in [9.17, 15) is 4.79 Å². The Kier molecular flexibility index (Phi) is 4.24. The van der Waals surface area contributed by atoms with Crippen LogP contribution in [0.25, 0.3) is 0 Å². The molecule has 6 nitrogen and oxygen atoms in total. The molecule has 1 aromatic rings. The Hall–Kier alpha value is -1.43. The molecule has 3 atom stereocenters. The molecule has 1 unspecified atom stereocenters. The number of carbonyl (C=O) groups is 1. The van der Waals surface area contributed by atoms with Crippen molar-refractivity contribution in [3.05, 3.63) is 11.6 Å². The normalized spacial score (nSPS) is 27.0. The summed E-state index contributed by atoms with van der Waals surface area (Å²) in [6.45, 7) is 6.80. The van der Waals surface area contributed by atoms with E-state index in [0.29, 0.717) is 5.92 Å². The molecular weight excluding hydrogens is 266 g/mol. The van der Waals surface area contributed by atoms with Crippen molar-refractivity contribution in [2.45, 2.75) is 52.1 Å². The van der Waals surface area contributed by atoms with Crippen molar-refractivity contribution in [3.8, 4) is 0 Å². The standard InChI is InChI=1S/C15H25N5O/c1-10-8-16-9-12(10)15(21)17-11(2)14-19-18-13-6-4-3-5-7-20(13)14/h10-12,16H,3-9H2,1-2H3,(H,17,21)/t10-,11?,12-/m1/s1. The molecule has 0 radical (unpaired) electrons. The van der Waals surface area contributed by atoms with Crippen molar-refractivity contribution in [1.82, 2.24) is 25.4 Å². The molecule has 3 rings (SSSR count). The fraction of sp³-hybridized carbons (Fsp3) is 0.800. The minimum Gasteiger partial charge on any atom is -0.346 e. The van der Waals surface area contributed by atoms with Gasteiger partial charge in [0.05, 0.1) is 12.0 Å². The molecular formula is C15H25N5O. The van der Waals surface area contributed by atoms with Gasteiger partial charge in [-0.2, -0.15) is 0 Å². The van der Waals surface area contributed by atoms with Crippen LogP contribution in [-0.2, 0) is 17.8 Å². The third-order valence-electron chi connectivity index (χ3n) is 4.74. The van der Waals surface area contributed by atoms with E-state index in [1.165, 1.54) is 19.3 Å². The summed E-state index contributed by atoms with van der Waals surface area (Å²) >= 11 is 0. The Morgan fingerprint density at radius 1 is 1.33 bits per heavy atom. The largest absolute Gasteiger partial charge is 0.346 e. The number of aryl methyl sites for hydroxylation is 1. The number of carbonyl (C=O) groups excluding carboxylic acids is 1. The topological polar surface area (TPSA) is 71.8 Å². The summed E-state index contributed by atoms with van der Waals surface area (Å²) in [7, 11) is 0. The average molecular weight is 291 g/mol. The van der Waals surface area contributed by atoms with Gasteiger partial charge in [-0.15, -0.1) is 10.2 Å². The summed E-state index contributed by atoms with van der Waals surface area (Å²) in [6, 6.07) is -0.0790. The van der Waals surface area contributed by atoms with Gasteiger partial charge in [0.15, 0.2) is 5.82 Å². The van der Waals surface area contributed by atoms with Crippen LogP contribution in [-0.4, -0.2) is 33.8 Å². The Morgan fingerprint density at radius 2 is 2.19 bits per heavy atom. The molecule has 3 heterocycles. The number of fused-ring (bicyclic) bond motifs is 1. The zero-order chi connectivity index (χ0) is 14.8. The van der Waals surface area contributed by atoms with E-state index in [1.54, 1.807) is 0 Å². The van der Waals surface area contributed by atoms with Crippen molar-refractivity contribution < 1.29 is 4.79 Å². The van der Waals surface area contributed by atoms with Crippen LogP contribution in [0.3, 0.4) is 0 Å². The molecule has 1 aromatic heterocycles. The lowest BCUT2D eigenvalue weighted by Gasteiger charge is -2.19. The molecule has 0 aliphatic carbocycles. The van der Waals surface area contributed by atoms with E-state index < -0.39 is 0 Å². The maximum Gasteiger partial charge on any atom is 0.225 e. The molecule has 6 heteroatoms. The van der Waals surface area contributed by atoms with Crippen LogP contribution in [0.15, 0.2) is 0 Å². The summed E-state index contributed by atoms with van der Waals surface area (Å²) in [5, 5.41) is 15.0. The molecule has 2 aliphatic heterocycles. The Bertz CT molecular complexity index is 512. The second-order valence-corrected chi connectivity index (χ2v) is 6.41. The van der Waals surface area contributed by atoms with Crippen LogP contribution >= 0.6 is 0 Å². The first-order chi connectivity index (χ1) is 10.2. The second kappa shape index (κ2) is 6.13. The zero-order valence-corrected chi connectivity index (χ0v) is 12.9. The van der Waals surface area contributed by atoms with Gasteiger partial charge >= 0.3 is 0 Å². The van der Waals surface area contributed by atoms with Crippen LogP contribution in [0.4, 0.5) is 0 Å². The fourth-order valence-electron chi connectivity index (χ4n) is 3.37. The van der Waals surface area contributed by atoms with E-state index in [2.05, 4.69) is 32.3 Å². The molecule has 0 saturated carbocycles. The van der Waals surface area contributed by atoms with Crippen LogP contribution in [0.1, 0.15) is 50.8 Å². The van der Waals surface area contributed by atoms with Crippen molar-refractivity contribution >= 4 is 5.91 Å². The van der Waals surface area contributed by atoms with Gasteiger partial charge in [0.1, 0.15) is 5.82 Å². The van der Waals surface area contributed by atoms with Gasteiger partial charge in [0.25, 0.3) is 0 Å². The van der Waals surface area contributed by atoms with Crippen LogP contribution < -0.4 is 10.6 Å². The van der Waals surface area contributed by atoms with E-state index in [0.717, 1.165) is 37.7 Å². The zero-order valence-electron chi connectivity index (χ0n) is 12.9. The van der Waals surface area contributed by atoms with Gasteiger partial charge in [-0.1, -0.05) is 13.3 Å². The van der Waals surface area contributed by atoms with Gasteiger partial charge in [0, 0.05) is 19.5 Å². The quantitative estimate of drug-likeness (QED) is 0.873. The van der Waals surface area contributed by atoms with E-state index in [4.69, 9.17) is 0 Å². The van der Waals surface area contributed by atoms with Gasteiger partial charge in [-0.05, 0) is 32.2 Å². The van der Waals surface area contributed by atoms with E-state index >= 15 is 0 Å². The smallest absolute Gasteiger partial charge is 0.225 e. The molecule has 0 aromatic carbocycles. The molecule has 2 N–H and O–H groups in total. The molecule has 116 valence electrons. The maximum absolute atomic E-state index is 12.4. The molecule has 1 amide bonds. The molecule has 1 saturated heterocycles. The fourth-order valence-corrected chi connectivity index (χ4v) is 3.37. The Morgan fingerprint density at radius 3 is 2.95 bits per heavy atom. The minimum absolute atomic E-state index is 0.0685. The monoisotopic (exact) mass is 291 g/mol. The van der Waals surface area contributed by atoms with Gasteiger partial charge in [-0.25, -0.2) is 0 Å². The minimum atomic E-state index is -0.0790. The predicted octanol–water partition coefficient (Wildman–Crippen LogP) is 1.04. The Labute approximate surface area is 125 Å². The Balaban J connectivity index is 1.69. The number of nitrogens with zero attached hydrogens (tertiary/aromatic N) is 3. The van der Waals surface area contributed by atoms with Gasteiger partial charge in [0.2, 0.25) is 5.91 Å². The highest BCUT2D eigenvalue weighted by molar-refractivity contribution is 5.79. The average Bonchev–Trinajstić information content (AvgIpc) is 2.99. The summed E-state index contributed by atoms with van der Waals surface area (Å²) in [6.07, 6.45) is 4.60. The van der Waals surface area contributed by atoms with Crippen LogP contribution in [0.5, 0.6) is 0 Å². The van der Waals surface area contributed by atoms with Gasteiger partial charge in [-0.3, -0.25) is 4.79 Å². The number of rotatable bonds is 3. The highest BCUT2D eigenvalue weighted by Crippen LogP contribution is 2.21. The summed E-state index contributed by atoms with van der Waals surface area (Å²) < 4.78 is 2.20. The lowest BCUT2D eigenvalue weighted by Crippen LogP contribution is -2.37. The molecule has 0 bridgehead atoms. The van der Waals surface area contributed by atoms with Crippen LogP contribution in [0.2, 0.25) is 0 Å². The predicted molar refractivity (Wildman–Crippen MR) is 79.7 cm³/mol. The lowest BCUT2D eigenvalue weighted by atomic mass is 9.97.